The molecule has 1 aliphatic rings. The largest absolute Gasteiger partial charge is 0.488 e. The van der Waals surface area contributed by atoms with E-state index in [1.807, 2.05) is 24.7 Å². The van der Waals surface area contributed by atoms with E-state index in [2.05, 4.69) is 15.0 Å². The number of aryl methyl sites for hydroxylation is 2. The summed E-state index contributed by atoms with van der Waals surface area (Å²) in [5.41, 5.74) is 0.954. The van der Waals surface area contributed by atoms with E-state index in [0.29, 0.717) is 17.8 Å². The highest BCUT2D eigenvalue weighted by Crippen LogP contribution is 2.37. The predicted molar refractivity (Wildman–Crippen MR) is 114 cm³/mol. The lowest BCUT2D eigenvalue weighted by molar-refractivity contribution is 0.0206. The summed E-state index contributed by atoms with van der Waals surface area (Å²) in [6.07, 6.45) is 3.91. The quantitative estimate of drug-likeness (QED) is 0.619. The molecular weight excluding hydrogens is 422 g/mol. The van der Waals surface area contributed by atoms with Crippen LogP contribution in [0.2, 0.25) is 0 Å². The Morgan fingerprint density at radius 2 is 2.03 bits per heavy atom. The van der Waals surface area contributed by atoms with Crippen molar-refractivity contribution in [3.8, 4) is 5.75 Å². The second kappa shape index (κ2) is 9.02. The highest BCUT2D eigenvalue weighted by atomic mass is 32.1. The van der Waals surface area contributed by atoms with Crippen molar-refractivity contribution < 1.29 is 18.6 Å². The molecule has 2 aromatic heterocycles. The van der Waals surface area contributed by atoms with E-state index in [9.17, 15) is 13.9 Å². The Kier molecular flexibility index (Phi) is 6.36. The van der Waals surface area contributed by atoms with Crippen molar-refractivity contribution in [1.82, 2.24) is 19.7 Å². The molecule has 4 rings (SSSR count). The molecule has 1 saturated heterocycles. The molecule has 0 amide bonds. The van der Waals surface area contributed by atoms with Crippen LogP contribution in [-0.2, 0) is 25.8 Å². The lowest BCUT2D eigenvalue weighted by Gasteiger charge is -2.24. The van der Waals surface area contributed by atoms with Gasteiger partial charge in [-0.25, -0.2) is 13.8 Å². The van der Waals surface area contributed by atoms with Crippen molar-refractivity contribution in [3.63, 3.8) is 0 Å². The van der Waals surface area contributed by atoms with Crippen LogP contribution in [0.15, 0.2) is 30.5 Å². The molecule has 31 heavy (non-hydrogen) atoms. The number of hydrogen-bond acceptors (Lipinski definition) is 6. The topological polar surface area (TPSA) is 63.4 Å². The lowest BCUT2D eigenvalue weighted by Crippen LogP contribution is -2.29. The molecule has 9 heteroatoms. The Labute approximate surface area is 184 Å². The fourth-order valence-corrected chi connectivity index (χ4v) is 4.93. The fraction of sp³-hybridized carbons (Fsp3) is 0.455. The van der Waals surface area contributed by atoms with Gasteiger partial charge in [0.15, 0.2) is 11.6 Å². The van der Waals surface area contributed by atoms with E-state index in [1.54, 1.807) is 6.20 Å². The van der Waals surface area contributed by atoms with Gasteiger partial charge in [0, 0.05) is 32.4 Å². The first-order valence-electron chi connectivity index (χ1n) is 10.3. The van der Waals surface area contributed by atoms with Gasteiger partial charge in [-0.2, -0.15) is 5.10 Å². The number of halogens is 2. The molecule has 1 aromatic carbocycles. The van der Waals surface area contributed by atoms with Crippen LogP contribution < -0.4 is 4.74 Å². The van der Waals surface area contributed by atoms with Gasteiger partial charge in [-0.3, -0.25) is 9.58 Å². The van der Waals surface area contributed by atoms with Crippen LogP contribution in [-0.4, -0.2) is 37.9 Å². The predicted octanol–water partition coefficient (Wildman–Crippen LogP) is 3.92. The number of hydrogen-bond donors (Lipinski definition) is 1. The van der Waals surface area contributed by atoms with Crippen LogP contribution >= 0.6 is 11.3 Å². The standard InChI is InChI=1S/C22H26F2N4O2S/c1-15-20(14-30-17-4-5-18(23)19(24)12-17)31-21(26-15)22(29)7-3-10-28(11-8-22)13-16-6-9-25-27(16)2/h4-6,9,12,29H,3,7-8,10-11,13-14H2,1-2H3. The summed E-state index contributed by atoms with van der Waals surface area (Å²) in [6, 6.07) is 5.48. The highest BCUT2D eigenvalue weighted by Gasteiger charge is 2.35. The minimum absolute atomic E-state index is 0.192. The second-order valence-electron chi connectivity index (χ2n) is 8.00. The number of thiazole rings is 1. The molecule has 1 aliphatic heterocycles. The SMILES string of the molecule is Cc1nc(C2(O)CCCN(Cc3ccnn3C)CC2)sc1COc1ccc(F)c(F)c1. The fourth-order valence-electron chi connectivity index (χ4n) is 3.81. The van der Waals surface area contributed by atoms with Gasteiger partial charge in [-0.1, -0.05) is 0 Å². The Morgan fingerprint density at radius 3 is 2.77 bits per heavy atom. The minimum atomic E-state index is -0.975. The number of ether oxygens (including phenoxy) is 1. The summed E-state index contributed by atoms with van der Waals surface area (Å²) in [6.45, 7) is 4.54. The van der Waals surface area contributed by atoms with E-state index in [1.165, 1.54) is 17.4 Å². The van der Waals surface area contributed by atoms with E-state index >= 15 is 0 Å². The molecule has 1 fully saturated rings. The molecule has 1 unspecified atom stereocenters. The molecule has 0 saturated carbocycles. The van der Waals surface area contributed by atoms with E-state index in [-0.39, 0.29) is 12.4 Å². The van der Waals surface area contributed by atoms with Crippen molar-refractivity contribution in [2.75, 3.05) is 13.1 Å². The summed E-state index contributed by atoms with van der Waals surface area (Å²) >= 11 is 1.42. The number of aliphatic hydroxyl groups is 1. The third-order valence-corrected chi connectivity index (χ3v) is 7.09. The number of likely N-dealkylation sites (tertiary alicyclic amines) is 1. The van der Waals surface area contributed by atoms with Crippen LogP contribution in [0, 0.1) is 18.6 Å². The van der Waals surface area contributed by atoms with Crippen molar-refractivity contribution in [3.05, 3.63) is 63.4 Å². The Bertz CT molecular complexity index is 1050. The molecule has 166 valence electrons. The average molecular weight is 449 g/mol. The van der Waals surface area contributed by atoms with Gasteiger partial charge in [0.25, 0.3) is 0 Å². The summed E-state index contributed by atoms with van der Waals surface area (Å²) in [7, 11) is 1.94. The van der Waals surface area contributed by atoms with Crippen LogP contribution in [0.25, 0.3) is 0 Å². The maximum atomic E-state index is 13.4. The Morgan fingerprint density at radius 1 is 1.19 bits per heavy atom. The van der Waals surface area contributed by atoms with Gasteiger partial charge in [-0.05, 0) is 50.9 Å². The van der Waals surface area contributed by atoms with Gasteiger partial charge in [0.2, 0.25) is 0 Å². The van der Waals surface area contributed by atoms with Crippen LogP contribution in [0.1, 0.15) is 40.5 Å². The normalized spacial score (nSPS) is 20.0. The molecule has 0 radical (unpaired) electrons. The average Bonchev–Trinajstić information content (AvgIpc) is 3.26. The molecular formula is C22H26F2N4O2S. The van der Waals surface area contributed by atoms with Gasteiger partial charge >= 0.3 is 0 Å². The van der Waals surface area contributed by atoms with E-state index < -0.39 is 17.2 Å². The molecule has 0 bridgehead atoms. The van der Waals surface area contributed by atoms with Gasteiger partial charge in [0.05, 0.1) is 16.3 Å². The van der Waals surface area contributed by atoms with Gasteiger partial charge in [0.1, 0.15) is 23.0 Å². The molecule has 3 heterocycles. The van der Waals surface area contributed by atoms with Crippen molar-refractivity contribution >= 4 is 11.3 Å². The van der Waals surface area contributed by atoms with E-state index in [0.717, 1.165) is 54.5 Å². The van der Waals surface area contributed by atoms with Crippen molar-refractivity contribution in [2.24, 2.45) is 7.05 Å². The molecule has 6 nitrogen and oxygen atoms in total. The van der Waals surface area contributed by atoms with Gasteiger partial charge in [-0.15, -0.1) is 11.3 Å². The zero-order valence-corrected chi connectivity index (χ0v) is 18.5. The first-order valence-corrected chi connectivity index (χ1v) is 11.1. The molecule has 1 atom stereocenters. The number of nitrogens with zero attached hydrogens (tertiary/aromatic N) is 4. The first-order chi connectivity index (χ1) is 14.8. The number of rotatable bonds is 6. The summed E-state index contributed by atoms with van der Waals surface area (Å²) in [4.78, 5) is 7.83. The zero-order chi connectivity index (χ0) is 22.0. The van der Waals surface area contributed by atoms with Gasteiger partial charge < -0.3 is 9.84 Å². The smallest absolute Gasteiger partial charge is 0.162 e. The van der Waals surface area contributed by atoms with Crippen molar-refractivity contribution in [1.29, 1.82) is 0 Å². The second-order valence-corrected chi connectivity index (χ2v) is 9.08. The Hall–Kier alpha value is -2.36. The lowest BCUT2D eigenvalue weighted by atomic mass is 9.96. The third-order valence-electron chi connectivity index (χ3n) is 5.77. The number of aromatic nitrogens is 3. The van der Waals surface area contributed by atoms with Crippen LogP contribution in [0.5, 0.6) is 5.75 Å². The maximum absolute atomic E-state index is 13.4. The minimum Gasteiger partial charge on any atom is -0.488 e. The summed E-state index contributed by atoms with van der Waals surface area (Å²) in [5.74, 6) is -1.59. The molecule has 0 spiro atoms. The summed E-state index contributed by atoms with van der Waals surface area (Å²) in [5, 5.41) is 16.3. The van der Waals surface area contributed by atoms with Crippen LogP contribution in [0.4, 0.5) is 8.78 Å². The third kappa shape index (κ3) is 4.94. The van der Waals surface area contributed by atoms with E-state index in [4.69, 9.17) is 4.74 Å². The Balaban J connectivity index is 1.41. The number of benzene rings is 1. The van der Waals surface area contributed by atoms with Crippen molar-refractivity contribution in [2.45, 2.75) is 44.9 Å². The summed E-state index contributed by atoms with van der Waals surface area (Å²) < 4.78 is 34.0. The maximum Gasteiger partial charge on any atom is 0.162 e. The monoisotopic (exact) mass is 448 g/mol. The first kappa shape index (κ1) is 21.9. The molecule has 0 aliphatic carbocycles. The highest BCUT2D eigenvalue weighted by molar-refractivity contribution is 7.11. The molecule has 3 aromatic rings. The zero-order valence-electron chi connectivity index (χ0n) is 17.6. The molecule has 1 N–H and O–H groups in total. The van der Waals surface area contributed by atoms with Crippen LogP contribution in [0.3, 0.4) is 0 Å².